The molecule has 0 amide bonds. The average Bonchev–Trinajstić information content (AvgIpc) is 3.22. The lowest BCUT2D eigenvalue weighted by Crippen LogP contribution is -2.15. The number of benzene rings is 2. The maximum absolute atomic E-state index is 6.54. The highest BCUT2D eigenvalue weighted by Crippen LogP contribution is 2.32. The second-order valence-electron chi connectivity index (χ2n) is 8.64. The van der Waals surface area contributed by atoms with Crippen LogP contribution in [0.2, 0.25) is 5.02 Å². The molecule has 0 saturated heterocycles. The van der Waals surface area contributed by atoms with Crippen molar-refractivity contribution in [2.24, 2.45) is 7.05 Å². The highest BCUT2D eigenvalue weighted by atomic mass is 35.5. The van der Waals surface area contributed by atoms with E-state index in [1.54, 1.807) is 10.9 Å². The number of likely N-dealkylation sites (N-methyl/N-ethyl adjacent to an activating group) is 1. The van der Waals surface area contributed by atoms with Crippen molar-refractivity contribution in [2.75, 3.05) is 25.4 Å². The van der Waals surface area contributed by atoms with Gasteiger partial charge in [0.25, 0.3) is 0 Å². The highest BCUT2D eigenvalue weighted by molar-refractivity contribution is 8.00. The van der Waals surface area contributed by atoms with Crippen LogP contribution in [0.15, 0.2) is 59.8 Å². The summed E-state index contributed by atoms with van der Waals surface area (Å²) in [7, 11) is 5.98. The van der Waals surface area contributed by atoms with Crippen molar-refractivity contribution in [3.63, 3.8) is 0 Å². The quantitative estimate of drug-likeness (QED) is 0.271. The lowest BCUT2D eigenvalue weighted by molar-refractivity contribution is 0.413. The molecule has 0 radical (unpaired) electrons. The molecule has 0 bridgehead atoms. The highest BCUT2D eigenvalue weighted by Gasteiger charge is 2.14. The molecule has 0 spiro atoms. The standard InChI is InChI=1S/C26H29ClN6OS/c1-17-7-6-8-18(2)25(17)23-14-24(30-26(29-23)31-35-21-15-28-33(5)16-21)34-20-10-9-19(22(27)13-20)11-12-32(3)4/h6-10,13-16H,11-12H2,1-5H3,(H,29,30,31). The molecule has 182 valence electrons. The molecule has 0 atom stereocenters. The van der Waals surface area contributed by atoms with Crippen molar-refractivity contribution in [3.05, 3.63) is 76.6 Å². The van der Waals surface area contributed by atoms with Crippen LogP contribution in [0.25, 0.3) is 11.3 Å². The second-order valence-corrected chi connectivity index (χ2v) is 9.93. The van der Waals surface area contributed by atoms with Gasteiger partial charge in [-0.15, -0.1) is 0 Å². The Bertz CT molecular complexity index is 1300. The van der Waals surface area contributed by atoms with Crippen LogP contribution in [-0.4, -0.2) is 45.3 Å². The van der Waals surface area contributed by atoms with Gasteiger partial charge in [-0.1, -0.05) is 35.9 Å². The SMILES string of the molecule is Cc1cccc(C)c1-c1cc(Oc2ccc(CCN(C)C)c(Cl)c2)nc(NSc2cnn(C)c2)n1. The average molecular weight is 509 g/mol. The van der Waals surface area contributed by atoms with Crippen LogP contribution in [0.1, 0.15) is 16.7 Å². The second kappa shape index (κ2) is 11.1. The van der Waals surface area contributed by atoms with Gasteiger partial charge in [0.05, 0.1) is 16.8 Å². The molecular weight excluding hydrogens is 480 g/mol. The first-order chi connectivity index (χ1) is 16.8. The van der Waals surface area contributed by atoms with E-state index in [-0.39, 0.29) is 0 Å². The number of rotatable bonds is 9. The number of nitrogens with zero attached hydrogens (tertiary/aromatic N) is 5. The zero-order valence-corrected chi connectivity index (χ0v) is 22.1. The zero-order valence-electron chi connectivity index (χ0n) is 20.5. The van der Waals surface area contributed by atoms with Gasteiger partial charge in [0.15, 0.2) is 0 Å². The summed E-state index contributed by atoms with van der Waals surface area (Å²) in [6.07, 6.45) is 4.57. The van der Waals surface area contributed by atoms with Crippen molar-refractivity contribution >= 4 is 29.5 Å². The van der Waals surface area contributed by atoms with Crippen molar-refractivity contribution in [3.8, 4) is 22.9 Å². The molecule has 0 saturated carbocycles. The third-order valence-electron chi connectivity index (χ3n) is 5.46. The molecule has 1 N–H and O–H groups in total. The molecule has 35 heavy (non-hydrogen) atoms. The summed E-state index contributed by atoms with van der Waals surface area (Å²) in [6.45, 7) is 5.08. The first-order valence-electron chi connectivity index (χ1n) is 11.3. The fourth-order valence-corrected chi connectivity index (χ4v) is 4.56. The van der Waals surface area contributed by atoms with Crippen LogP contribution in [0, 0.1) is 13.8 Å². The van der Waals surface area contributed by atoms with Gasteiger partial charge in [0.1, 0.15) is 5.75 Å². The van der Waals surface area contributed by atoms with E-state index in [1.807, 2.05) is 57.7 Å². The molecule has 4 aromatic rings. The van der Waals surface area contributed by atoms with Crippen LogP contribution < -0.4 is 9.46 Å². The van der Waals surface area contributed by atoms with E-state index in [0.717, 1.165) is 45.8 Å². The Morgan fingerprint density at radius 2 is 1.86 bits per heavy atom. The van der Waals surface area contributed by atoms with Gasteiger partial charge in [-0.05, 0) is 75.1 Å². The van der Waals surface area contributed by atoms with E-state index in [1.165, 1.54) is 11.9 Å². The van der Waals surface area contributed by atoms with Gasteiger partial charge in [0.2, 0.25) is 11.8 Å². The molecule has 2 aromatic carbocycles. The van der Waals surface area contributed by atoms with E-state index in [2.05, 4.69) is 45.7 Å². The summed E-state index contributed by atoms with van der Waals surface area (Å²) in [5, 5.41) is 4.88. The minimum absolute atomic E-state index is 0.434. The number of hydrogen-bond acceptors (Lipinski definition) is 7. The summed E-state index contributed by atoms with van der Waals surface area (Å²) in [5.41, 5.74) is 5.20. The summed E-state index contributed by atoms with van der Waals surface area (Å²) >= 11 is 7.94. The molecule has 4 rings (SSSR count). The minimum Gasteiger partial charge on any atom is -0.439 e. The fraction of sp³-hybridized carbons (Fsp3) is 0.269. The fourth-order valence-electron chi connectivity index (χ4n) is 3.68. The lowest BCUT2D eigenvalue weighted by Gasteiger charge is -2.14. The summed E-state index contributed by atoms with van der Waals surface area (Å²) in [5.74, 6) is 1.51. The summed E-state index contributed by atoms with van der Waals surface area (Å²) in [4.78, 5) is 12.5. The predicted octanol–water partition coefficient (Wildman–Crippen LogP) is 6.16. The Morgan fingerprint density at radius 1 is 1.09 bits per heavy atom. The Morgan fingerprint density at radius 3 is 2.51 bits per heavy atom. The number of aromatic nitrogens is 4. The predicted molar refractivity (Wildman–Crippen MR) is 143 cm³/mol. The Labute approximate surface area is 215 Å². The maximum atomic E-state index is 6.54. The van der Waals surface area contributed by atoms with Crippen molar-refractivity contribution in [2.45, 2.75) is 25.2 Å². The topological polar surface area (TPSA) is 68.1 Å². The third kappa shape index (κ3) is 6.54. The van der Waals surface area contributed by atoms with Crippen molar-refractivity contribution in [1.29, 1.82) is 0 Å². The van der Waals surface area contributed by atoms with Gasteiger partial charge in [-0.3, -0.25) is 9.40 Å². The van der Waals surface area contributed by atoms with E-state index in [9.17, 15) is 0 Å². The normalized spacial score (nSPS) is 11.2. The number of ether oxygens (including phenoxy) is 1. The largest absolute Gasteiger partial charge is 0.439 e. The van der Waals surface area contributed by atoms with Crippen LogP contribution in [0.3, 0.4) is 0 Å². The molecule has 0 aliphatic heterocycles. The Balaban J connectivity index is 1.64. The van der Waals surface area contributed by atoms with Crippen LogP contribution in [0.5, 0.6) is 11.6 Å². The van der Waals surface area contributed by atoms with Gasteiger partial charge in [-0.25, -0.2) is 4.98 Å². The number of halogens is 1. The van der Waals surface area contributed by atoms with E-state index >= 15 is 0 Å². The Kier molecular flexibility index (Phi) is 7.95. The number of aryl methyl sites for hydroxylation is 3. The van der Waals surface area contributed by atoms with Gasteiger partial charge in [0, 0.05) is 36.4 Å². The molecular formula is C26H29ClN6OS. The van der Waals surface area contributed by atoms with E-state index < -0.39 is 0 Å². The number of hydrogen-bond donors (Lipinski definition) is 1. The lowest BCUT2D eigenvalue weighted by atomic mass is 10.00. The molecule has 0 aliphatic rings. The monoisotopic (exact) mass is 508 g/mol. The summed E-state index contributed by atoms with van der Waals surface area (Å²) < 4.78 is 11.1. The van der Waals surface area contributed by atoms with Gasteiger partial charge >= 0.3 is 0 Å². The van der Waals surface area contributed by atoms with Gasteiger partial charge < -0.3 is 9.64 Å². The molecule has 0 fully saturated rings. The van der Waals surface area contributed by atoms with Crippen molar-refractivity contribution < 1.29 is 4.74 Å². The molecule has 7 nitrogen and oxygen atoms in total. The molecule has 2 aromatic heterocycles. The van der Waals surface area contributed by atoms with Crippen molar-refractivity contribution in [1.82, 2.24) is 24.6 Å². The number of anilines is 1. The molecule has 0 aliphatic carbocycles. The molecule has 0 unspecified atom stereocenters. The zero-order chi connectivity index (χ0) is 24.9. The molecule has 2 heterocycles. The van der Waals surface area contributed by atoms with Gasteiger partial charge in [-0.2, -0.15) is 10.1 Å². The smallest absolute Gasteiger partial charge is 0.237 e. The van der Waals surface area contributed by atoms with Crippen LogP contribution in [0.4, 0.5) is 5.95 Å². The summed E-state index contributed by atoms with van der Waals surface area (Å²) in [6, 6.07) is 13.8. The van der Waals surface area contributed by atoms with E-state index in [0.29, 0.717) is 22.6 Å². The molecule has 9 heteroatoms. The first kappa shape index (κ1) is 25.0. The number of nitrogens with one attached hydrogen (secondary N) is 1. The van der Waals surface area contributed by atoms with Crippen LogP contribution >= 0.6 is 23.5 Å². The minimum atomic E-state index is 0.434. The Hall–Kier alpha value is -3.07. The first-order valence-corrected chi connectivity index (χ1v) is 12.5. The maximum Gasteiger partial charge on any atom is 0.237 e. The third-order valence-corrected chi connectivity index (χ3v) is 6.54. The van der Waals surface area contributed by atoms with Crippen LogP contribution in [-0.2, 0) is 13.5 Å². The van der Waals surface area contributed by atoms with E-state index in [4.69, 9.17) is 21.3 Å².